The summed E-state index contributed by atoms with van der Waals surface area (Å²) in [6, 6.07) is 0. The SMILES string of the molecule is C/C=C(/CCCCCCCC)CC(CCCCCCCC)CCCCCCCC. The molecule has 174 valence electrons. The van der Waals surface area contributed by atoms with Crippen LogP contribution in [-0.2, 0) is 0 Å². The second-order valence-corrected chi connectivity index (χ2v) is 9.65. The van der Waals surface area contributed by atoms with Crippen LogP contribution >= 0.6 is 0 Å². The highest BCUT2D eigenvalue weighted by molar-refractivity contribution is 5.01. The molecule has 0 fully saturated rings. The molecule has 0 amide bonds. The lowest BCUT2D eigenvalue weighted by Gasteiger charge is -2.19. The maximum absolute atomic E-state index is 2.46. The Labute approximate surface area is 186 Å². The fraction of sp³-hybridized carbons (Fsp3) is 0.931. The molecule has 0 radical (unpaired) electrons. The second-order valence-electron chi connectivity index (χ2n) is 9.65. The molecule has 0 aliphatic rings. The highest BCUT2D eigenvalue weighted by atomic mass is 14.2. The van der Waals surface area contributed by atoms with Gasteiger partial charge in [-0.3, -0.25) is 0 Å². The number of hydrogen-bond donors (Lipinski definition) is 0. The average molecular weight is 407 g/mol. The van der Waals surface area contributed by atoms with Gasteiger partial charge in [0.15, 0.2) is 0 Å². The molecule has 0 aliphatic heterocycles. The van der Waals surface area contributed by atoms with Gasteiger partial charge in [-0.05, 0) is 32.1 Å². The van der Waals surface area contributed by atoms with Gasteiger partial charge in [0.2, 0.25) is 0 Å². The van der Waals surface area contributed by atoms with Crippen molar-refractivity contribution in [3.63, 3.8) is 0 Å². The minimum Gasteiger partial charge on any atom is -0.0884 e. The summed E-state index contributed by atoms with van der Waals surface area (Å²) in [6.45, 7) is 9.24. The molecular formula is C29H58. The Bertz CT molecular complexity index is 311. The van der Waals surface area contributed by atoms with Crippen LogP contribution in [-0.4, -0.2) is 0 Å². The van der Waals surface area contributed by atoms with Gasteiger partial charge in [0.1, 0.15) is 0 Å². The largest absolute Gasteiger partial charge is 0.0884 e. The van der Waals surface area contributed by atoms with Gasteiger partial charge in [0.25, 0.3) is 0 Å². The Hall–Kier alpha value is -0.260. The summed E-state index contributed by atoms with van der Waals surface area (Å²) in [6.07, 6.45) is 34.0. The molecule has 0 saturated heterocycles. The standard InChI is InChI=1S/C29H58/c1-5-9-12-15-18-21-24-28(8-4)27-29(25-22-19-16-13-10-6-2)26-23-20-17-14-11-7-3/h8,29H,5-7,9-27H2,1-4H3/b28-8-. The van der Waals surface area contributed by atoms with Crippen molar-refractivity contribution in [1.29, 1.82) is 0 Å². The van der Waals surface area contributed by atoms with E-state index in [0.717, 1.165) is 5.92 Å². The summed E-state index contributed by atoms with van der Waals surface area (Å²) in [5, 5.41) is 0. The molecule has 0 saturated carbocycles. The van der Waals surface area contributed by atoms with Crippen LogP contribution in [0, 0.1) is 5.92 Å². The number of allylic oxidation sites excluding steroid dienone is 2. The van der Waals surface area contributed by atoms with Crippen molar-refractivity contribution in [3.05, 3.63) is 11.6 Å². The van der Waals surface area contributed by atoms with Crippen LogP contribution in [0.3, 0.4) is 0 Å². The van der Waals surface area contributed by atoms with Crippen molar-refractivity contribution >= 4 is 0 Å². The van der Waals surface area contributed by atoms with Crippen LogP contribution < -0.4 is 0 Å². The highest BCUT2D eigenvalue weighted by Crippen LogP contribution is 2.27. The first-order chi connectivity index (χ1) is 14.3. The summed E-state index contributed by atoms with van der Waals surface area (Å²) in [5.74, 6) is 0.957. The van der Waals surface area contributed by atoms with Crippen LogP contribution in [0.1, 0.15) is 169 Å². The fourth-order valence-electron chi connectivity index (χ4n) is 4.64. The zero-order chi connectivity index (χ0) is 21.4. The van der Waals surface area contributed by atoms with Crippen molar-refractivity contribution in [3.8, 4) is 0 Å². The smallest absolute Gasteiger partial charge is 0.0292 e. The van der Waals surface area contributed by atoms with Crippen molar-refractivity contribution in [2.75, 3.05) is 0 Å². The summed E-state index contributed by atoms with van der Waals surface area (Å²) in [7, 11) is 0. The topological polar surface area (TPSA) is 0 Å². The van der Waals surface area contributed by atoms with Crippen LogP contribution in [0.15, 0.2) is 11.6 Å². The summed E-state index contributed by atoms with van der Waals surface area (Å²) in [5.41, 5.74) is 1.77. The first kappa shape index (κ1) is 28.7. The van der Waals surface area contributed by atoms with E-state index in [2.05, 4.69) is 33.8 Å². The lowest BCUT2D eigenvalue weighted by molar-refractivity contribution is 0.395. The molecule has 0 spiro atoms. The molecule has 0 N–H and O–H groups in total. The molecule has 0 heteroatoms. The van der Waals surface area contributed by atoms with Crippen molar-refractivity contribution in [1.82, 2.24) is 0 Å². The van der Waals surface area contributed by atoms with Crippen LogP contribution in [0.4, 0.5) is 0 Å². The zero-order valence-electron chi connectivity index (χ0n) is 21.2. The lowest BCUT2D eigenvalue weighted by Crippen LogP contribution is -2.04. The number of unbranched alkanes of at least 4 members (excludes halogenated alkanes) is 15. The van der Waals surface area contributed by atoms with Gasteiger partial charge in [-0.15, -0.1) is 0 Å². The predicted molar refractivity (Wildman–Crippen MR) is 136 cm³/mol. The Morgan fingerprint density at radius 2 is 0.897 bits per heavy atom. The normalized spacial score (nSPS) is 12.2. The van der Waals surface area contributed by atoms with E-state index >= 15 is 0 Å². The van der Waals surface area contributed by atoms with Gasteiger partial charge >= 0.3 is 0 Å². The quantitative estimate of drug-likeness (QED) is 0.117. The third-order valence-corrected chi connectivity index (χ3v) is 6.74. The van der Waals surface area contributed by atoms with Gasteiger partial charge in [0, 0.05) is 0 Å². The molecular weight excluding hydrogens is 348 g/mol. The maximum atomic E-state index is 2.46. The molecule has 0 rings (SSSR count). The van der Waals surface area contributed by atoms with E-state index < -0.39 is 0 Å². The molecule has 0 aromatic rings. The molecule has 0 aromatic carbocycles. The van der Waals surface area contributed by atoms with E-state index in [9.17, 15) is 0 Å². The van der Waals surface area contributed by atoms with Crippen LogP contribution in [0.5, 0.6) is 0 Å². The van der Waals surface area contributed by atoms with E-state index in [0.29, 0.717) is 0 Å². The fourth-order valence-corrected chi connectivity index (χ4v) is 4.64. The molecule has 0 heterocycles. The van der Waals surface area contributed by atoms with Gasteiger partial charge < -0.3 is 0 Å². The summed E-state index contributed by atoms with van der Waals surface area (Å²) < 4.78 is 0. The van der Waals surface area contributed by atoms with E-state index in [1.165, 1.54) is 141 Å². The maximum Gasteiger partial charge on any atom is -0.0292 e. The first-order valence-corrected chi connectivity index (χ1v) is 13.9. The van der Waals surface area contributed by atoms with E-state index in [1.807, 2.05) is 0 Å². The molecule has 29 heavy (non-hydrogen) atoms. The predicted octanol–water partition coefficient (Wildman–Crippen LogP) is 11.2. The molecule has 0 nitrogen and oxygen atoms in total. The minimum atomic E-state index is 0.957. The summed E-state index contributed by atoms with van der Waals surface area (Å²) >= 11 is 0. The van der Waals surface area contributed by atoms with E-state index in [-0.39, 0.29) is 0 Å². The Balaban J connectivity index is 4.18. The highest BCUT2D eigenvalue weighted by Gasteiger charge is 2.11. The van der Waals surface area contributed by atoms with Gasteiger partial charge in [-0.1, -0.05) is 154 Å². The van der Waals surface area contributed by atoms with E-state index in [4.69, 9.17) is 0 Å². The zero-order valence-corrected chi connectivity index (χ0v) is 21.2. The third-order valence-electron chi connectivity index (χ3n) is 6.74. The van der Waals surface area contributed by atoms with Crippen molar-refractivity contribution in [2.45, 2.75) is 169 Å². The van der Waals surface area contributed by atoms with Gasteiger partial charge in [-0.2, -0.15) is 0 Å². The van der Waals surface area contributed by atoms with Gasteiger partial charge in [0.05, 0.1) is 0 Å². The molecule has 0 aliphatic carbocycles. The molecule has 0 atom stereocenters. The molecule has 0 aromatic heterocycles. The third kappa shape index (κ3) is 20.8. The Morgan fingerprint density at radius 3 is 1.31 bits per heavy atom. The van der Waals surface area contributed by atoms with Gasteiger partial charge in [-0.25, -0.2) is 0 Å². The molecule has 0 bridgehead atoms. The summed E-state index contributed by atoms with van der Waals surface area (Å²) in [4.78, 5) is 0. The Kier molecular flexibility index (Phi) is 23.8. The number of rotatable bonds is 23. The monoisotopic (exact) mass is 406 g/mol. The van der Waals surface area contributed by atoms with Crippen LogP contribution in [0.2, 0.25) is 0 Å². The first-order valence-electron chi connectivity index (χ1n) is 13.9. The molecule has 0 unspecified atom stereocenters. The minimum absolute atomic E-state index is 0.957. The average Bonchev–Trinajstić information content (AvgIpc) is 2.74. The van der Waals surface area contributed by atoms with Crippen LogP contribution in [0.25, 0.3) is 0 Å². The second kappa shape index (κ2) is 24.0. The number of hydrogen-bond acceptors (Lipinski definition) is 0. The van der Waals surface area contributed by atoms with Crippen molar-refractivity contribution < 1.29 is 0 Å². The van der Waals surface area contributed by atoms with E-state index in [1.54, 1.807) is 5.57 Å². The lowest BCUT2D eigenvalue weighted by atomic mass is 9.87. The Morgan fingerprint density at radius 1 is 0.517 bits per heavy atom. The van der Waals surface area contributed by atoms with Crippen molar-refractivity contribution in [2.24, 2.45) is 5.92 Å².